The second kappa shape index (κ2) is 7.96. The molecule has 0 spiro atoms. The fourth-order valence-corrected chi connectivity index (χ4v) is 3.25. The van der Waals surface area contributed by atoms with Crippen LogP contribution in [0.4, 0.5) is 9.18 Å². The Labute approximate surface area is 161 Å². The van der Waals surface area contributed by atoms with E-state index in [4.69, 9.17) is 11.6 Å². The molecular weight excluding hydrogens is 373 g/mol. The van der Waals surface area contributed by atoms with Gasteiger partial charge in [0.25, 0.3) is 5.91 Å². The molecule has 0 saturated carbocycles. The molecule has 27 heavy (non-hydrogen) atoms. The minimum Gasteiger partial charge on any atom is -0.346 e. The first-order chi connectivity index (χ1) is 12.8. The van der Waals surface area contributed by atoms with E-state index in [1.807, 2.05) is 10.7 Å². The lowest BCUT2D eigenvalue weighted by Crippen LogP contribution is -2.38. The molecule has 9 heteroatoms. The third kappa shape index (κ3) is 4.39. The second-order valence-electron chi connectivity index (χ2n) is 6.61. The van der Waals surface area contributed by atoms with Gasteiger partial charge in [0.1, 0.15) is 5.82 Å². The zero-order valence-electron chi connectivity index (χ0n) is 15.2. The number of aryl methyl sites for hydroxylation is 1. The SMILES string of the molecule is CN(C)C(=O)N1CCCn2nc(CNC(=O)c3ccc(F)cc3Cl)cc2C1. The predicted molar refractivity (Wildman–Crippen MR) is 98.9 cm³/mol. The van der Waals surface area contributed by atoms with Crippen molar-refractivity contribution in [2.24, 2.45) is 0 Å². The first-order valence-electron chi connectivity index (χ1n) is 8.60. The summed E-state index contributed by atoms with van der Waals surface area (Å²) in [6.45, 7) is 2.08. The van der Waals surface area contributed by atoms with Crippen molar-refractivity contribution in [2.45, 2.75) is 26.1 Å². The van der Waals surface area contributed by atoms with Crippen LogP contribution >= 0.6 is 11.6 Å². The number of urea groups is 1. The van der Waals surface area contributed by atoms with Crippen LogP contribution in [0.25, 0.3) is 0 Å². The molecule has 0 unspecified atom stereocenters. The van der Waals surface area contributed by atoms with Crippen LogP contribution in [0, 0.1) is 5.82 Å². The normalized spacial score (nSPS) is 13.7. The highest BCUT2D eigenvalue weighted by atomic mass is 35.5. The van der Waals surface area contributed by atoms with Crippen LogP contribution in [0.15, 0.2) is 24.3 Å². The number of carbonyl (C=O) groups is 2. The highest BCUT2D eigenvalue weighted by molar-refractivity contribution is 6.33. The van der Waals surface area contributed by atoms with Gasteiger partial charge in [-0.1, -0.05) is 11.6 Å². The summed E-state index contributed by atoms with van der Waals surface area (Å²) in [5.41, 5.74) is 1.82. The Morgan fingerprint density at radius 3 is 2.78 bits per heavy atom. The van der Waals surface area contributed by atoms with Crippen molar-refractivity contribution in [2.75, 3.05) is 20.6 Å². The molecule has 0 saturated heterocycles. The number of rotatable bonds is 3. The van der Waals surface area contributed by atoms with Crippen LogP contribution in [-0.2, 0) is 19.6 Å². The molecule has 0 radical (unpaired) electrons. The molecule has 1 aliphatic rings. The molecular formula is C18H21ClFN5O2. The maximum absolute atomic E-state index is 13.1. The summed E-state index contributed by atoms with van der Waals surface area (Å²) in [5.74, 6) is -0.890. The molecule has 1 aromatic carbocycles. The minimum atomic E-state index is -0.494. The summed E-state index contributed by atoms with van der Waals surface area (Å²) >= 11 is 5.92. The lowest BCUT2D eigenvalue weighted by Gasteiger charge is -2.23. The lowest BCUT2D eigenvalue weighted by atomic mass is 10.2. The molecule has 0 aliphatic carbocycles. The van der Waals surface area contributed by atoms with Gasteiger partial charge >= 0.3 is 6.03 Å². The largest absolute Gasteiger partial charge is 0.346 e. The van der Waals surface area contributed by atoms with Gasteiger partial charge < -0.3 is 15.1 Å². The van der Waals surface area contributed by atoms with E-state index in [0.29, 0.717) is 25.3 Å². The van der Waals surface area contributed by atoms with Gasteiger partial charge in [-0.3, -0.25) is 9.48 Å². The molecule has 7 nitrogen and oxygen atoms in total. The Bertz CT molecular complexity index is 867. The Morgan fingerprint density at radius 2 is 2.07 bits per heavy atom. The van der Waals surface area contributed by atoms with E-state index in [-0.39, 0.29) is 23.2 Å². The number of hydrogen-bond donors (Lipinski definition) is 1. The van der Waals surface area contributed by atoms with Crippen molar-refractivity contribution in [3.05, 3.63) is 52.1 Å². The smallest absolute Gasteiger partial charge is 0.319 e. The molecule has 1 aliphatic heterocycles. The average Bonchev–Trinajstić information content (AvgIpc) is 2.89. The van der Waals surface area contributed by atoms with Gasteiger partial charge in [0.15, 0.2) is 0 Å². The quantitative estimate of drug-likeness (QED) is 0.871. The number of amides is 3. The van der Waals surface area contributed by atoms with Crippen LogP contribution in [0.5, 0.6) is 0 Å². The van der Waals surface area contributed by atoms with Gasteiger partial charge in [0.2, 0.25) is 0 Å². The highest BCUT2D eigenvalue weighted by Crippen LogP contribution is 2.18. The van der Waals surface area contributed by atoms with Crippen LogP contribution in [-0.4, -0.2) is 52.2 Å². The second-order valence-corrected chi connectivity index (χ2v) is 7.02. The number of hydrogen-bond acceptors (Lipinski definition) is 3. The van der Waals surface area contributed by atoms with Crippen LogP contribution in [0.3, 0.4) is 0 Å². The van der Waals surface area contributed by atoms with E-state index in [0.717, 1.165) is 18.2 Å². The fourth-order valence-electron chi connectivity index (χ4n) is 2.99. The molecule has 0 atom stereocenters. The molecule has 144 valence electrons. The highest BCUT2D eigenvalue weighted by Gasteiger charge is 2.22. The van der Waals surface area contributed by atoms with Gasteiger partial charge in [0, 0.05) is 27.2 Å². The van der Waals surface area contributed by atoms with Crippen molar-refractivity contribution < 1.29 is 14.0 Å². The number of fused-ring (bicyclic) bond motifs is 1. The zero-order chi connectivity index (χ0) is 19.6. The molecule has 1 aromatic heterocycles. The van der Waals surface area contributed by atoms with E-state index in [1.165, 1.54) is 12.1 Å². The van der Waals surface area contributed by atoms with Crippen LogP contribution in [0.1, 0.15) is 28.2 Å². The van der Waals surface area contributed by atoms with Gasteiger partial charge in [0.05, 0.1) is 35.1 Å². The average molecular weight is 394 g/mol. The molecule has 3 rings (SSSR count). The van der Waals surface area contributed by atoms with Crippen LogP contribution in [0.2, 0.25) is 5.02 Å². The summed E-state index contributed by atoms with van der Waals surface area (Å²) in [6, 6.07) is 5.49. The van der Waals surface area contributed by atoms with Gasteiger partial charge in [-0.05, 0) is 30.7 Å². The van der Waals surface area contributed by atoms with E-state index < -0.39 is 11.7 Å². The number of nitrogens with one attached hydrogen (secondary N) is 1. The van der Waals surface area contributed by atoms with Gasteiger partial charge in [-0.2, -0.15) is 5.10 Å². The topological polar surface area (TPSA) is 70.5 Å². The van der Waals surface area contributed by atoms with E-state index in [1.54, 1.807) is 23.9 Å². The molecule has 0 fully saturated rings. The van der Waals surface area contributed by atoms with E-state index in [2.05, 4.69) is 10.4 Å². The fraction of sp³-hybridized carbons (Fsp3) is 0.389. The van der Waals surface area contributed by atoms with E-state index >= 15 is 0 Å². The van der Waals surface area contributed by atoms with Gasteiger partial charge in [-0.25, -0.2) is 9.18 Å². The van der Waals surface area contributed by atoms with Crippen LogP contribution < -0.4 is 5.32 Å². The summed E-state index contributed by atoms with van der Waals surface area (Å²) in [6.07, 6.45) is 0.811. The Balaban J connectivity index is 1.67. The number of benzene rings is 1. The number of halogens is 2. The van der Waals surface area contributed by atoms with Crippen molar-refractivity contribution >= 4 is 23.5 Å². The van der Waals surface area contributed by atoms with Crippen molar-refractivity contribution in [3.63, 3.8) is 0 Å². The van der Waals surface area contributed by atoms with Gasteiger partial charge in [-0.15, -0.1) is 0 Å². The maximum Gasteiger partial charge on any atom is 0.319 e. The molecule has 2 aromatic rings. The number of nitrogens with zero attached hydrogens (tertiary/aromatic N) is 4. The summed E-state index contributed by atoms with van der Waals surface area (Å²) < 4.78 is 15.0. The Morgan fingerprint density at radius 1 is 1.30 bits per heavy atom. The summed E-state index contributed by atoms with van der Waals surface area (Å²) in [7, 11) is 3.46. The first kappa shape index (κ1) is 19.2. The third-order valence-corrected chi connectivity index (χ3v) is 4.64. The molecule has 2 heterocycles. The third-order valence-electron chi connectivity index (χ3n) is 4.32. The molecule has 0 bridgehead atoms. The monoisotopic (exact) mass is 393 g/mol. The van der Waals surface area contributed by atoms with E-state index in [9.17, 15) is 14.0 Å². The number of aromatic nitrogens is 2. The Kier molecular flexibility index (Phi) is 5.65. The summed E-state index contributed by atoms with van der Waals surface area (Å²) in [5, 5.41) is 7.31. The van der Waals surface area contributed by atoms with Crippen molar-refractivity contribution in [1.29, 1.82) is 0 Å². The lowest BCUT2D eigenvalue weighted by molar-refractivity contribution is 0.0950. The number of carbonyl (C=O) groups excluding carboxylic acids is 2. The summed E-state index contributed by atoms with van der Waals surface area (Å²) in [4.78, 5) is 27.8. The molecule has 1 N–H and O–H groups in total. The van der Waals surface area contributed by atoms with Crippen molar-refractivity contribution in [1.82, 2.24) is 24.9 Å². The minimum absolute atomic E-state index is 0.0366. The Hall–Kier alpha value is -2.61. The first-order valence-corrected chi connectivity index (χ1v) is 8.98. The maximum atomic E-state index is 13.1. The predicted octanol–water partition coefficient (Wildman–Crippen LogP) is 2.49. The van der Waals surface area contributed by atoms with Crippen molar-refractivity contribution in [3.8, 4) is 0 Å². The standard InChI is InChI=1S/C18H21ClFN5O2/c1-23(2)18(27)24-6-3-7-25-14(11-24)9-13(22-25)10-21-17(26)15-5-4-12(20)8-16(15)19/h4-5,8-9H,3,6-7,10-11H2,1-2H3,(H,21,26). The zero-order valence-corrected chi connectivity index (χ0v) is 16.0. The molecule has 3 amide bonds.